The van der Waals surface area contributed by atoms with Gasteiger partial charge in [-0.1, -0.05) is 335 Å². The number of allylic oxidation sites excluding steroid dienone is 18. The van der Waals surface area contributed by atoms with Crippen LogP contribution in [-0.2, 0) is 33.2 Å². The van der Waals surface area contributed by atoms with Crippen LogP contribution in [0, 0.1) is 0 Å². The molecule has 0 radical (unpaired) electrons. The predicted octanol–water partition coefficient (Wildman–Crippen LogP) is 15.7. The molecule has 0 spiro atoms. The van der Waals surface area contributed by atoms with Crippen LogP contribution in [0.1, 0.15) is 316 Å². The molecule has 0 aromatic rings. The van der Waals surface area contributed by atoms with Gasteiger partial charge in [-0.05, 0) is 83.5 Å². The zero-order valence-corrected chi connectivity index (χ0v) is 67.0. The van der Waals surface area contributed by atoms with E-state index in [9.17, 15) is 61.0 Å². The first-order chi connectivity index (χ1) is 52.8. The highest BCUT2D eigenvalue weighted by molar-refractivity contribution is 5.76. The molecular weight excluding hydrogens is 1370 g/mol. The summed E-state index contributed by atoms with van der Waals surface area (Å²) in [4.78, 5) is 13.5. The van der Waals surface area contributed by atoms with Crippen molar-refractivity contribution in [2.45, 2.75) is 420 Å². The van der Waals surface area contributed by atoms with Crippen molar-refractivity contribution < 1.29 is 89.4 Å². The van der Waals surface area contributed by atoms with Gasteiger partial charge in [-0.25, -0.2) is 0 Å². The summed E-state index contributed by atoms with van der Waals surface area (Å²) in [5.41, 5.74) is 0. The Morgan fingerprint density at radius 2 is 0.639 bits per heavy atom. The lowest BCUT2D eigenvalue weighted by Gasteiger charge is -2.48. The normalized spacial score (nSPS) is 26.0. The Morgan fingerprint density at radius 1 is 0.343 bits per heavy atom. The van der Waals surface area contributed by atoms with Crippen LogP contribution in [0.15, 0.2) is 109 Å². The Kier molecular flexibility index (Phi) is 62.0. The molecule has 0 bridgehead atoms. The zero-order valence-electron chi connectivity index (χ0n) is 67.0. The average Bonchev–Trinajstić information content (AvgIpc) is 0.775. The van der Waals surface area contributed by atoms with Crippen molar-refractivity contribution in [1.29, 1.82) is 0 Å². The van der Waals surface area contributed by atoms with Crippen LogP contribution in [0.4, 0.5) is 0 Å². The van der Waals surface area contributed by atoms with Gasteiger partial charge in [0.15, 0.2) is 18.9 Å². The molecule has 3 heterocycles. The molecule has 3 aliphatic rings. The number of carbonyl (C=O) groups excluding carboxylic acids is 1. The maximum Gasteiger partial charge on any atom is 0.220 e. The molecule has 624 valence electrons. The fraction of sp³-hybridized carbons (Fsp3) is 0.787. The van der Waals surface area contributed by atoms with Crippen molar-refractivity contribution >= 4 is 5.91 Å². The quantitative estimate of drug-likeness (QED) is 0.0199. The van der Waals surface area contributed by atoms with Crippen LogP contribution in [0.5, 0.6) is 0 Å². The Bertz CT molecular complexity index is 2380. The van der Waals surface area contributed by atoms with Crippen LogP contribution >= 0.6 is 0 Å². The van der Waals surface area contributed by atoms with E-state index in [2.05, 4.69) is 129 Å². The first-order valence-corrected chi connectivity index (χ1v) is 43.1. The van der Waals surface area contributed by atoms with E-state index in [0.717, 1.165) is 116 Å². The van der Waals surface area contributed by atoms with E-state index < -0.39 is 124 Å². The second kappa shape index (κ2) is 67.9. The second-order valence-corrected chi connectivity index (χ2v) is 30.3. The molecule has 3 saturated heterocycles. The van der Waals surface area contributed by atoms with Gasteiger partial charge in [0.2, 0.25) is 5.91 Å². The van der Waals surface area contributed by atoms with Crippen molar-refractivity contribution in [1.82, 2.24) is 5.32 Å². The van der Waals surface area contributed by atoms with Gasteiger partial charge >= 0.3 is 0 Å². The van der Waals surface area contributed by atoms with Gasteiger partial charge in [-0.3, -0.25) is 4.79 Å². The molecule has 1 amide bonds. The lowest BCUT2D eigenvalue weighted by atomic mass is 9.96. The van der Waals surface area contributed by atoms with E-state index in [1.54, 1.807) is 0 Å². The van der Waals surface area contributed by atoms with E-state index in [1.807, 2.05) is 0 Å². The molecule has 19 heteroatoms. The lowest BCUT2D eigenvalue weighted by molar-refractivity contribution is -0.379. The van der Waals surface area contributed by atoms with Gasteiger partial charge in [0, 0.05) is 6.42 Å². The number of ether oxygens (including phenoxy) is 6. The summed E-state index contributed by atoms with van der Waals surface area (Å²) in [5, 5.41) is 121. The van der Waals surface area contributed by atoms with Crippen molar-refractivity contribution in [2.75, 3.05) is 26.4 Å². The Morgan fingerprint density at radius 3 is 1.00 bits per heavy atom. The minimum atomic E-state index is -1.98. The Labute approximate surface area is 653 Å². The molecule has 3 aliphatic heterocycles. The first kappa shape index (κ1) is 98.6. The van der Waals surface area contributed by atoms with Crippen LogP contribution in [-0.4, -0.2) is 193 Å². The van der Waals surface area contributed by atoms with Gasteiger partial charge in [0.25, 0.3) is 0 Å². The van der Waals surface area contributed by atoms with Gasteiger partial charge in [0.05, 0.1) is 38.6 Å². The fourth-order valence-corrected chi connectivity index (χ4v) is 14.0. The molecule has 17 atom stereocenters. The maximum atomic E-state index is 13.5. The largest absolute Gasteiger partial charge is 0.394 e. The minimum Gasteiger partial charge on any atom is -0.394 e. The predicted molar refractivity (Wildman–Crippen MR) is 434 cm³/mol. The number of nitrogens with one attached hydrogen (secondary N) is 1. The average molecular weight is 1530 g/mol. The molecule has 0 aromatic carbocycles. The van der Waals surface area contributed by atoms with Crippen LogP contribution in [0.25, 0.3) is 0 Å². The number of hydrogen-bond donors (Lipinski definition) is 12. The van der Waals surface area contributed by atoms with E-state index in [1.165, 1.54) is 167 Å². The van der Waals surface area contributed by atoms with Crippen molar-refractivity contribution in [3.05, 3.63) is 109 Å². The summed E-state index contributed by atoms with van der Waals surface area (Å²) >= 11 is 0. The lowest BCUT2D eigenvalue weighted by Crippen LogP contribution is -2.66. The van der Waals surface area contributed by atoms with Gasteiger partial charge in [-0.15, -0.1) is 0 Å². The third-order valence-electron chi connectivity index (χ3n) is 20.9. The third kappa shape index (κ3) is 46.6. The van der Waals surface area contributed by atoms with Crippen LogP contribution < -0.4 is 5.32 Å². The number of carbonyl (C=O) groups is 1. The van der Waals surface area contributed by atoms with E-state index in [0.29, 0.717) is 12.8 Å². The fourth-order valence-electron chi connectivity index (χ4n) is 14.0. The number of hydrogen-bond acceptors (Lipinski definition) is 18. The number of aliphatic hydroxyl groups is 11. The SMILES string of the molecule is CC/C=C\C/C=C\C/C=C\C/C=C\C/C=C\C/C=C\C/C=C\C/C=C\C/C=C\CCCCCCCCCCCCCC(=O)NC(COC1OC(CO)C(OC2OC(CO)C(OC3OC(CO)C(O)C(O)C3O)C(O)C2O)C(O)C1O)C(O)CCCCCCCCCCCCCCCCCCCCCCCCCC. The van der Waals surface area contributed by atoms with Crippen LogP contribution in [0.3, 0.4) is 0 Å². The summed E-state index contributed by atoms with van der Waals surface area (Å²) in [7, 11) is 0. The molecule has 108 heavy (non-hydrogen) atoms. The number of rotatable bonds is 68. The smallest absolute Gasteiger partial charge is 0.220 e. The molecule has 17 unspecified atom stereocenters. The van der Waals surface area contributed by atoms with Crippen molar-refractivity contribution in [3.63, 3.8) is 0 Å². The molecule has 3 fully saturated rings. The summed E-state index contributed by atoms with van der Waals surface area (Å²) < 4.78 is 34.6. The number of amides is 1. The number of aliphatic hydroxyl groups excluding tert-OH is 11. The molecule has 0 aliphatic carbocycles. The highest BCUT2D eigenvalue weighted by Crippen LogP contribution is 2.33. The molecular formula is C89H155NO18. The van der Waals surface area contributed by atoms with Gasteiger partial charge < -0.3 is 89.9 Å². The highest BCUT2D eigenvalue weighted by Gasteiger charge is 2.54. The zero-order chi connectivity index (χ0) is 78.1. The molecule has 12 N–H and O–H groups in total. The first-order valence-electron chi connectivity index (χ1n) is 43.1. The standard InChI is InChI=1S/C89H155NO18/c1-3-5-7-9-11-13-15-17-19-21-23-25-27-29-30-31-32-33-34-35-36-37-38-39-40-41-42-43-45-47-49-51-53-55-57-59-61-63-65-67-77(95)90-72(73(94)66-64-62-60-58-56-54-52-50-48-46-44-28-26-24-22-20-18-16-14-12-10-8-6-4-2)71-103-87-83(101)80(98)85(75(69-92)105-87)108-89-84(102)81(99)86(76(70-93)106-89)107-88-82(100)79(97)78(96)74(68-91)104-88/h5,7,11,13,17,19,23,25,29-30,32-33,35-36,38-39,41-42,72-76,78-89,91-94,96-102H,3-4,6,8-10,12,14-16,18,20-22,24,26-28,31,34,37,40,43-71H2,1-2H3,(H,90,95)/b7-5-,13-11-,19-17-,25-23-,30-29-,33-32-,36-35-,39-38-,42-41-. The topological polar surface area (TPSA) is 307 Å². The highest BCUT2D eigenvalue weighted by atomic mass is 16.8. The number of unbranched alkanes of at least 4 members (excludes halogenated alkanes) is 34. The minimum absolute atomic E-state index is 0.246. The van der Waals surface area contributed by atoms with Gasteiger partial charge in [-0.2, -0.15) is 0 Å². The summed E-state index contributed by atoms with van der Waals surface area (Å²) in [6, 6.07) is -0.897. The Hall–Kier alpha value is -3.55. The van der Waals surface area contributed by atoms with E-state index in [4.69, 9.17) is 28.4 Å². The van der Waals surface area contributed by atoms with Crippen molar-refractivity contribution in [2.24, 2.45) is 0 Å². The van der Waals surface area contributed by atoms with Crippen molar-refractivity contribution in [3.8, 4) is 0 Å². The van der Waals surface area contributed by atoms with E-state index >= 15 is 0 Å². The monoisotopic (exact) mass is 1530 g/mol. The summed E-state index contributed by atoms with van der Waals surface area (Å²) in [5.74, 6) is -0.246. The second-order valence-electron chi connectivity index (χ2n) is 30.3. The maximum absolute atomic E-state index is 13.5. The Balaban J connectivity index is 1.33. The van der Waals surface area contributed by atoms with Crippen LogP contribution in [0.2, 0.25) is 0 Å². The summed E-state index contributed by atoms with van der Waals surface area (Å²) in [6.07, 6.45) is 67.4. The summed E-state index contributed by atoms with van der Waals surface area (Å²) in [6.45, 7) is 1.72. The molecule has 0 aromatic heterocycles. The van der Waals surface area contributed by atoms with Gasteiger partial charge in [0.1, 0.15) is 73.2 Å². The van der Waals surface area contributed by atoms with E-state index in [-0.39, 0.29) is 18.9 Å². The molecule has 3 rings (SSSR count). The molecule has 19 nitrogen and oxygen atoms in total. The third-order valence-corrected chi connectivity index (χ3v) is 20.9. The molecule has 0 saturated carbocycles.